The van der Waals surface area contributed by atoms with Gasteiger partial charge in [0.15, 0.2) is 5.43 Å². The first-order valence-corrected chi connectivity index (χ1v) is 10.3. The summed E-state index contributed by atoms with van der Waals surface area (Å²) in [5, 5.41) is 19.3. The predicted octanol–water partition coefficient (Wildman–Crippen LogP) is 3.23. The number of carbonyl (C=O) groups is 4. The van der Waals surface area contributed by atoms with Gasteiger partial charge in [-0.05, 0) is 25.3 Å². The number of amides is 2. The summed E-state index contributed by atoms with van der Waals surface area (Å²) < 4.78 is 5.25. The van der Waals surface area contributed by atoms with Crippen molar-refractivity contribution in [2.75, 3.05) is 0 Å². The van der Waals surface area contributed by atoms with Crippen molar-refractivity contribution < 1.29 is 33.8 Å². The number of rotatable bonds is 14. The van der Waals surface area contributed by atoms with E-state index < -0.39 is 35.1 Å². The Morgan fingerprint density at radius 2 is 1.71 bits per heavy atom. The molecule has 0 aromatic carbocycles. The molecule has 1 unspecified atom stereocenters. The molecule has 9 heteroatoms. The zero-order valence-electron chi connectivity index (χ0n) is 17.6. The summed E-state index contributed by atoms with van der Waals surface area (Å²) in [6.07, 6.45) is 10.7. The molecule has 31 heavy (non-hydrogen) atoms. The molecule has 170 valence electrons. The van der Waals surface area contributed by atoms with Crippen LogP contribution in [0.4, 0.5) is 0 Å². The van der Waals surface area contributed by atoms with Crippen molar-refractivity contribution in [2.24, 2.45) is 5.92 Å². The van der Waals surface area contributed by atoms with Crippen molar-refractivity contribution in [1.82, 2.24) is 5.32 Å². The number of carboxylic acid groups (broad SMARTS) is 2. The normalized spacial score (nSPS) is 11.9. The summed E-state index contributed by atoms with van der Waals surface area (Å²) in [5.41, 5.74) is -0.944. The number of aliphatic carboxylic acids is 2. The fourth-order valence-electron chi connectivity index (χ4n) is 2.73. The standard InChI is InChI=1S/C22H29NO8/c1-15(22(29)30)12-19(25)23-21(28)17-14-31-16(13-18(17)24)10-8-6-4-2-3-5-7-9-11-20(26)27/h8,10,13-15H,2-7,9,11-12H2,1H3,(H,26,27)(H,29,30)(H,23,25,28)/b10-8+. The highest BCUT2D eigenvalue weighted by Crippen LogP contribution is 2.10. The van der Waals surface area contributed by atoms with E-state index in [0.717, 1.165) is 50.9 Å². The lowest BCUT2D eigenvalue weighted by Crippen LogP contribution is -2.35. The van der Waals surface area contributed by atoms with E-state index in [9.17, 15) is 24.0 Å². The van der Waals surface area contributed by atoms with Crippen LogP contribution in [0.15, 0.2) is 27.6 Å². The van der Waals surface area contributed by atoms with Crippen LogP contribution < -0.4 is 10.7 Å². The van der Waals surface area contributed by atoms with Crippen LogP contribution in [0.1, 0.15) is 80.8 Å². The largest absolute Gasteiger partial charge is 0.481 e. The summed E-state index contributed by atoms with van der Waals surface area (Å²) in [6, 6.07) is 1.15. The van der Waals surface area contributed by atoms with E-state index in [0.29, 0.717) is 6.42 Å². The first-order valence-electron chi connectivity index (χ1n) is 10.3. The zero-order chi connectivity index (χ0) is 23.2. The number of carbonyl (C=O) groups excluding carboxylic acids is 2. The molecule has 1 heterocycles. The molecule has 0 aliphatic rings. The summed E-state index contributed by atoms with van der Waals surface area (Å²) in [5.74, 6) is -4.31. The van der Waals surface area contributed by atoms with E-state index in [2.05, 4.69) is 0 Å². The third kappa shape index (κ3) is 10.9. The van der Waals surface area contributed by atoms with Gasteiger partial charge in [0.1, 0.15) is 17.6 Å². The van der Waals surface area contributed by atoms with E-state index in [1.807, 2.05) is 11.4 Å². The van der Waals surface area contributed by atoms with Crippen LogP contribution in [0.5, 0.6) is 0 Å². The van der Waals surface area contributed by atoms with Crippen LogP contribution in [0.25, 0.3) is 6.08 Å². The van der Waals surface area contributed by atoms with Gasteiger partial charge in [0.05, 0.1) is 5.92 Å². The first-order chi connectivity index (χ1) is 14.7. The second kappa shape index (κ2) is 13.9. The van der Waals surface area contributed by atoms with Gasteiger partial charge in [-0.3, -0.25) is 29.3 Å². The predicted molar refractivity (Wildman–Crippen MR) is 112 cm³/mol. The molecule has 1 aromatic heterocycles. The van der Waals surface area contributed by atoms with Crippen molar-refractivity contribution in [2.45, 2.75) is 64.7 Å². The van der Waals surface area contributed by atoms with Gasteiger partial charge in [0.2, 0.25) is 5.91 Å². The summed E-state index contributed by atoms with van der Waals surface area (Å²) in [6.45, 7) is 1.34. The Morgan fingerprint density at radius 1 is 1.06 bits per heavy atom. The molecule has 3 N–H and O–H groups in total. The molecule has 1 aromatic rings. The maximum Gasteiger partial charge on any atom is 0.306 e. The van der Waals surface area contributed by atoms with Gasteiger partial charge in [-0.2, -0.15) is 0 Å². The molecular formula is C22H29NO8. The van der Waals surface area contributed by atoms with Gasteiger partial charge in [0, 0.05) is 18.9 Å². The minimum absolute atomic E-state index is 0.217. The molecule has 9 nitrogen and oxygen atoms in total. The minimum Gasteiger partial charge on any atom is -0.481 e. The van der Waals surface area contributed by atoms with Crippen LogP contribution in [-0.2, 0) is 14.4 Å². The minimum atomic E-state index is -1.16. The van der Waals surface area contributed by atoms with E-state index in [1.54, 1.807) is 6.08 Å². The van der Waals surface area contributed by atoms with Crippen LogP contribution in [-0.4, -0.2) is 34.0 Å². The Hall–Kier alpha value is -3.23. The molecule has 2 amide bonds. The SMILES string of the molecule is CC(CC(=O)NC(=O)c1coc(/C=C/CCCCCCCCC(=O)O)cc1=O)C(=O)O. The van der Waals surface area contributed by atoms with Crippen molar-refractivity contribution in [3.8, 4) is 0 Å². The van der Waals surface area contributed by atoms with Crippen LogP contribution in [0, 0.1) is 5.92 Å². The highest BCUT2D eigenvalue weighted by Gasteiger charge is 2.19. The van der Waals surface area contributed by atoms with E-state index in [-0.39, 0.29) is 24.2 Å². The van der Waals surface area contributed by atoms with Gasteiger partial charge >= 0.3 is 11.9 Å². The highest BCUT2D eigenvalue weighted by molar-refractivity contribution is 6.04. The Morgan fingerprint density at radius 3 is 2.32 bits per heavy atom. The number of hydrogen-bond donors (Lipinski definition) is 3. The van der Waals surface area contributed by atoms with Crippen molar-refractivity contribution >= 4 is 29.8 Å². The first kappa shape index (κ1) is 25.8. The van der Waals surface area contributed by atoms with Crippen molar-refractivity contribution in [3.05, 3.63) is 40.0 Å². The number of unbranched alkanes of at least 4 members (excludes halogenated alkanes) is 6. The van der Waals surface area contributed by atoms with Gasteiger partial charge in [-0.1, -0.05) is 38.7 Å². The summed E-state index contributed by atoms with van der Waals surface area (Å²) in [7, 11) is 0. The second-order valence-electron chi connectivity index (χ2n) is 7.34. The number of allylic oxidation sites excluding steroid dienone is 1. The molecule has 1 atom stereocenters. The quantitative estimate of drug-likeness (QED) is 0.377. The fraction of sp³-hybridized carbons (Fsp3) is 0.500. The average molecular weight is 435 g/mol. The third-order valence-electron chi connectivity index (χ3n) is 4.56. The van der Waals surface area contributed by atoms with E-state index >= 15 is 0 Å². The zero-order valence-corrected chi connectivity index (χ0v) is 17.6. The number of imide groups is 1. The Bertz CT molecular complexity index is 855. The molecule has 0 aliphatic heterocycles. The van der Waals surface area contributed by atoms with Crippen LogP contribution >= 0.6 is 0 Å². The molecule has 1 rings (SSSR count). The van der Waals surface area contributed by atoms with Gasteiger partial charge in [-0.25, -0.2) is 0 Å². The molecule has 0 bridgehead atoms. The summed E-state index contributed by atoms with van der Waals surface area (Å²) >= 11 is 0. The van der Waals surface area contributed by atoms with Crippen LogP contribution in [0.3, 0.4) is 0 Å². The monoisotopic (exact) mass is 435 g/mol. The maximum absolute atomic E-state index is 12.1. The van der Waals surface area contributed by atoms with Crippen molar-refractivity contribution in [3.63, 3.8) is 0 Å². The Kier molecular flexibility index (Phi) is 11.6. The number of nitrogens with one attached hydrogen (secondary N) is 1. The summed E-state index contributed by atoms with van der Waals surface area (Å²) in [4.78, 5) is 57.0. The molecule has 0 saturated carbocycles. The molecule has 0 saturated heterocycles. The maximum atomic E-state index is 12.1. The molecule has 0 fully saturated rings. The number of carboxylic acids is 2. The number of hydrogen-bond acceptors (Lipinski definition) is 6. The Balaban J connectivity index is 2.38. The van der Waals surface area contributed by atoms with Gasteiger partial charge in [0.25, 0.3) is 5.91 Å². The van der Waals surface area contributed by atoms with E-state index in [4.69, 9.17) is 14.6 Å². The van der Waals surface area contributed by atoms with Gasteiger partial charge < -0.3 is 14.6 Å². The van der Waals surface area contributed by atoms with Gasteiger partial charge in [-0.15, -0.1) is 0 Å². The highest BCUT2D eigenvalue weighted by atomic mass is 16.4. The second-order valence-corrected chi connectivity index (χ2v) is 7.34. The smallest absolute Gasteiger partial charge is 0.306 e. The topological polar surface area (TPSA) is 151 Å². The third-order valence-corrected chi connectivity index (χ3v) is 4.56. The molecule has 0 aliphatic carbocycles. The molecule has 0 radical (unpaired) electrons. The lowest BCUT2D eigenvalue weighted by Gasteiger charge is -2.06. The average Bonchev–Trinajstić information content (AvgIpc) is 2.68. The van der Waals surface area contributed by atoms with Crippen LogP contribution in [0.2, 0.25) is 0 Å². The molecule has 0 spiro atoms. The Labute approximate surface area is 180 Å². The van der Waals surface area contributed by atoms with E-state index in [1.165, 1.54) is 6.92 Å². The van der Waals surface area contributed by atoms with Crippen molar-refractivity contribution in [1.29, 1.82) is 0 Å². The fourth-order valence-corrected chi connectivity index (χ4v) is 2.73. The molecular weight excluding hydrogens is 406 g/mol. The lowest BCUT2D eigenvalue weighted by atomic mass is 10.1. The lowest BCUT2D eigenvalue weighted by molar-refractivity contribution is -0.143.